The summed E-state index contributed by atoms with van der Waals surface area (Å²) in [5.41, 5.74) is 7.55. The van der Waals surface area contributed by atoms with Crippen molar-refractivity contribution in [2.24, 2.45) is 5.41 Å². The Morgan fingerprint density at radius 3 is 2.25 bits per heavy atom. The number of allylic oxidation sites excluding steroid dienone is 2. The normalized spacial score (nSPS) is 19.6. The van der Waals surface area contributed by atoms with Crippen molar-refractivity contribution in [3.05, 3.63) is 69.5 Å². The van der Waals surface area contributed by atoms with E-state index >= 15 is 0 Å². The van der Waals surface area contributed by atoms with Crippen molar-refractivity contribution >= 4 is 17.3 Å². The molecule has 198 valence electrons. The Bertz CT molecular complexity index is 1060. The van der Waals surface area contributed by atoms with E-state index < -0.39 is 12.2 Å². The predicted molar refractivity (Wildman–Crippen MR) is 152 cm³/mol. The minimum atomic E-state index is -0.832. The molecule has 0 saturated carbocycles. The van der Waals surface area contributed by atoms with Gasteiger partial charge in [0.15, 0.2) is 0 Å². The summed E-state index contributed by atoms with van der Waals surface area (Å²) in [6.07, 6.45) is 7.62. The summed E-state index contributed by atoms with van der Waals surface area (Å²) in [6.45, 7) is 13.0. The summed E-state index contributed by atoms with van der Waals surface area (Å²) < 4.78 is 0. The lowest BCUT2D eigenvalue weighted by molar-refractivity contribution is 0.0972. The molecular weight excluding hydrogens is 466 g/mol. The van der Waals surface area contributed by atoms with Gasteiger partial charge in [-0.05, 0) is 77.2 Å². The number of aliphatic hydroxyl groups is 3. The smallest absolute Gasteiger partial charge is 0.106 e. The molecule has 0 aliphatic heterocycles. The minimum Gasteiger partial charge on any atom is -0.392 e. The molecule has 0 bridgehead atoms. The molecule has 4 rings (SSSR count). The molecule has 5 heteroatoms. The second-order valence-electron chi connectivity index (χ2n) is 11.6. The molecule has 2 atom stereocenters. The second kappa shape index (κ2) is 12.3. The van der Waals surface area contributed by atoms with E-state index in [1.54, 1.807) is 0 Å². The second-order valence-corrected chi connectivity index (χ2v) is 13.0. The Labute approximate surface area is 222 Å². The lowest BCUT2D eigenvalue weighted by Crippen LogP contribution is -2.29. The summed E-state index contributed by atoms with van der Waals surface area (Å²) in [5.74, 6) is 0.148. The van der Waals surface area contributed by atoms with Crippen LogP contribution in [0.1, 0.15) is 125 Å². The van der Waals surface area contributed by atoms with Gasteiger partial charge in [-0.25, -0.2) is 0 Å². The predicted octanol–water partition coefficient (Wildman–Crippen LogP) is 7.11. The largest absolute Gasteiger partial charge is 0.392 e. The van der Waals surface area contributed by atoms with Gasteiger partial charge in [-0.3, -0.25) is 4.98 Å². The van der Waals surface area contributed by atoms with Gasteiger partial charge < -0.3 is 15.3 Å². The Hall–Kier alpha value is -1.66. The maximum absolute atomic E-state index is 11.6. The molecule has 2 aliphatic rings. The third kappa shape index (κ3) is 6.61. The molecule has 1 aromatic heterocycles. The molecule has 2 aliphatic carbocycles. The zero-order valence-electron chi connectivity index (χ0n) is 23.1. The quantitative estimate of drug-likeness (QED) is 0.385. The highest BCUT2D eigenvalue weighted by Gasteiger charge is 2.38. The third-order valence-electron chi connectivity index (χ3n) is 7.24. The number of thioether (sulfide) groups is 1. The average Bonchev–Trinajstić information content (AvgIpc) is 3.36. The van der Waals surface area contributed by atoms with Gasteiger partial charge in [0.2, 0.25) is 0 Å². The van der Waals surface area contributed by atoms with Gasteiger partial charge in [-0.1, -0.05) is 71.9 Å². The number of aliphatic hydroxyl groups excluding tert-OH is 3. The van der Waals surface area contributed by atoms with Gasteiger partial charge in [0.05, 0.1) is 12.7 Å². The van der Waals surface area contributed by atoms with Crippen molar-refractivity contribution in [1.82, 2.24) is 4.98 Å². The fraction of sp³-hybridized carbons (Fsp3) is 0.581. The highest BCUT2D eigenvalue weighted by atomic mass is 32.2. The summed E-state index contributed by atoms with van der Waals surface area (Å²) in [4.78, 5) is 5.08. The third-order valence-corrected chi connectivity index (χ3v) is 8.18. The van der Waals surface area contributed by atoms with Crippen molar-refractivity contribution in [2.75, 3.05) is 6.26 Å². The van der Waals surface area contributed by atoms with E-state index in [9.17, 15) is 15.3 Å². The van der Waals surface area contributed by atoms with Crippen LogP contribution in [-0.2, 0) is 13.0 Å². The Morgan fingerprint density at radius 2 is 1.75 bits per heavy atom. The van der Waals surface area contributed by atoms with Crippen LogP contribution in [0.15, 0.2) is 30.3 Å². The SMILES string of the molecule is CC(C)c1nc2c(c(C3=CCCC3)c1C(O)c1ccc(CO)cc1)C(O)CC(C)(C)C2.CSC(C)C. The molecule has 2 unspecified atom stereocenters. The monoisotopic (exact) mass is 511 g/mol. The van der Waals surface area contributed by atoms with Crippen LogP contribution in [0, 0.1) is 5.41 Å². The molecule has 0 spiro atoms. The number of rotatable bonds is 6. The fourth-order valence-electron chi connectivity index (χ4n) is 5.26. The topological polar surface area (TPSA) is 73.6 Å². The molecule has 4 nitrogen and oxygen atoms in total. The van der Waals surface area contributed by atoms with Crippen LogP contribution in [-0.4, -0.2) is 31.8 Å². The Balaban J connectivity index is 0.000000658. The molecule has 36 heavy (non-hydrogen) atoms. The zero-order valence-corrected chi connectivity index (χ0v) is 24.0. The first-order valence-corrected chi connectivity index (χ1v) is 14.6. The van der Waals surface area contributed by atoms with Gasteiger partial charge in [0.1, 0.15) is 6.10 Å². The maximum atomic E-state index is 11.6. The van der Waals surface area contributed by atoms with Crippen LogP contribution in [0.5, 0.6) is 0 Å². The summed E-state index contributed by atoms with van der Waals surface area (Å²) in [6, 6.07) is 7.47. The number of nitrogens with zero attached hydrogens (tertiary/aromatic N) is 1. The number of aromatic nitrogens is 1. The number of hydrogen-bond acceptors (Lipinski definition) is 5. The molecule has 0 radical (unpaired) electrons. The van der Waals surface area contributed by atoms with Crippen LogP contribution in [0.3, 0.4) is 0 Å². The van der Waals surface area contributed by atoms with Crippen LogP contribution in [0.25, 0.3) is 5.57 Å². The van der Waals surface area contributed by atoms with Crippen molar-refractivity contribution in [3.63, 3.8) is 0 Å². The highest BCUT2D eigenvalue weighted by molar-refractivity contribution is 7.99. The van der Waals surface area contributed by atoms with Gasteiger partial charge in [-0.2, -0.15) is 11.8 Å². The lowest BCUT2D eigenvalue weighted by Gasteiger charge is -2.37. The molecule has 1 aromatic carbocycles. The molecule has 0 amide bonds. The summed E-state index contributed by atoms with van der Waals surface area (Å²) in [5, 5.41) is 33.0. The van der Waals surface area contributed by atoms with Crippen molar-refractivity contribution in [3.8, 4) is 0 Å². The van der Waals surface area contributed by atoms with Gasteiger partial charge in [0, 0.05) is 22.5 Å². The van der Waals surface area contributed by atoms with Crippen LogP contribution < -0.4 is 0 Å². The van der Waals surface area contributed by atoms with Crippen molar-refractivity contribution in [1.29, 1.82) is 0 Å². The number of pyridine rings is 1. The van der Waals surface area contributed by atoms with Crippen LogP contribution in [0.4, 0.5) is 0 Å². The van der Waals surface area contributed by atoms with E-state index in [-0.39, 0.29) is 17.9 Å². The van der Waals surface area contributed by atoms with Gasteiger partial charge in [-0.15, -0.1) is 0 Å². The Kier molecular flexibility index (Phi) is 9.84. The van der Waals surface area contributed by atoms with Crippen LogP contribution in [0.2, 0.25) is 0 Å². The lowest BCUT2D eigenvalue weighted by atomic mass is 9.71. The van der Waals surface area contributed by atoms with Gasteiger partial charge in [0.25, 0.3) is 0 Å². The first-order chi connectivity index (χ1) is 17.0. The number of benzene rings is 1. The standard InChI is InChI=1S/C27H35NO3.C4H10S/c1-16(2)25-24(26(31)19-11-9-17(15-29)10-12-19)22(18-7-5-6-8-18)23-20(28-25)13-27(3,4)14-21(23)30;1-4(2)5-3/h7,9-12,16,21,26,29-31H,5-6,8,13-15H2,1-4H3;4H,1-3H3. The zero-order chi connectivity index (χ0) is 26.6. The minimum absolute atomic E-state index is 0.00471. The molecule has 2 aromatic rings. The van der Waals surface area contributed by atoms with Crippen molar-refractivity contribution in [2.45, 2.75) is 104 Å². The maximum Gasteiger partial charge on any atom is 0.106 e. The molecule has 3 N–H and O–H groups in total. The summed E-state index contributed by atoms with van der Waals surface area (Å²) >= 11 is 1.88. The van der Waals surface area contributed by atoms with Crippen molar-refractivity contribution < 1.29 is 15.3 Å². The number of fused-ring (bicyclic) bond motifs is 1. The first kappa shape index (κ1) is 28.9. The molecular formula is C31H45NO3S. The van der Waals surface area contributed by atoms with E-state index in [1.165, 1.54) is 5.57 Å². The number of hydrogen-bond donors (Lipinski definition) is 3. The van der Waals surface area contributed by atoms with E-state index in [0.717, 1.165) is 70.1 Å². The van der Waals surface area contributed by atoms with E-state index in [4.69, 9.17) is 4.98 Å². The highest BCUT2D eigenvalue weighted by Crippen LogP contribution is 2.48. The Morgan fingerprint density at radius 1 is 1.11 bits per heavy atom. The van der Waals surface area contributed by atoms with Gasteiger partial charge >= 0.3 is 0 Å². The fourth-order valence-corrected chi connectivity index (χ4v) is 5.26. The molecule has 0 saturated heterocycles. The first-order valence-electron chi connectivity index (χ1n) is 13.3. The van der Waals surface area contributed by atoms with E-state index in [0.29, 0.717) is 6.42 Å². The average molecular weight is 512 g/mol. The summed E-state index contributed by atoms with van der Waals surface area (Å²) in [7, 11) is 0. The van der Waals surface area contributed by atoms with E-state index in [2.05, 4.69) is 53.9 Å². The molecule has 0 fully saturated rings. The van der Waals surface area contributed by atoms with Crippen LogP contribution >= 0.6 is 11.8 Å². The van der Waals surface area contributed by atoms with E-state index in [1.807, 2.05) is 36.0 Å². The molecule has 1 heterocycles.